The summed E-state index contributed by atoms with van der Waals surface area (Å²) in [5, 5.41) is 6.16. The third-order valence-electron chi connectivity index (χ3n) is 7.34. The van der Waals surface area contributed by atoms with Gasteiger partial charge >= 0.3 is 0 Å². The van der Waals surface area contributed by atoms with E-state index in [0.717, 1.165) is 16.6 Å². The van der Waals surface area contributed by atoms with Crippen molar-refractivity contribution in [2.45, 2.75) is 0 Å². The molecule has 36 heavy (non-hydrogen) atoms. The van der Waals surface area contributed by atoms with Gasteiger partial charge in [0.15, 0.2) is 0 Å². The quantitative estimate of drug-likeness (QED) is 0.254. The van der Waals surface area contributed by atoms with E-state index in [1.165, 1.54) is 49.3 Å². The van der Waals surface area contributed by atoms with Crippen LogP contribution in [0.2, 0.25) is 0 Å². The van der Waals surface area contributed by atoms with E-state index in [1.807, 2.05) is 12.3 Å². The van der Waals surface area contributed by atoms with Gasteiger partial charge in [-0.2, -0.15) is 0 Å². The number of hydrogen-bond donors (Lipinski definition) is 0. The summed E-state index contributed by atoms with van der Waals surface area (Å²) in [5.41, 5.74) is 8.17. The minimum atomic E-state index is 1.00. The van der Waals surface area contributed by atoms with Gasteiger partial charge in [0.25, 0.3) is 0 Å². The summed E-state index contributed by atoms with van der Waals surface area (Å²) in [6, 6.07) is 43.4. The minimum absolute atomic E-state index is 1.00. The molecule has 0 unspecified atom stereocenters. The van der Waals surface area contributed by atoms with Crippen molar-refractivity contribution in [2.75, 3.05) is 0 Å². The molecule has 0 amide bonds. The summed E-state index contributed by atoms with van der Waals surface area (Å²) in [6.45, 7) is 0. The van der Waals surface area contributed by atoms with Gasteiger partial charge in [-0.25, -0.2) is 0 Å². The highest BCUT2D eigenvalue weighted by Crippen LogP contribution is 2.40. The Morgan fingerprint density at radius 1 is 0.417 bits per heavy atom. The maximum atomic E-state index is 4.62. The maximum absolute atomic E-state index is 4.62. The van der Waals surface area contributed by atoms with Crippen LogP contribution >= 0.6 is 0 Å². The Labute approximate surface area is 207 Å². The lowest BCUT2D eigenvalue weighted by molar-refractivity contribution is 1.18. The molecule has 3 nitrogen and oxygen atoms in total. The van der Waals surface area contributed by atoms with Crippen molar-refractivity contribution in [3.05, 3.63) is 128 Å². The monoisotopic (exact) mass is 459 g/mol. The first-order valence-corrected chi connectivity index (χ1v) is 12.2. The summed E-state index contributed by atoms with van der Waals surface area (Å²) in [6.07, 6.45) is 1.86. The van der Waals surface area contributed by atoms with Crippen LogP contribution in [0.3, 0.4) is 0 Å². The van der Waals surface area contributed by atoms with Crippen LogP contribution in [0.15, 0.2) is 128 Å². The van der Waals surface area contributed by atoms with E-state index < -0.39 is 0 Å². The predicted octanol–water partition coefficient (Wildman–Crippen LogP) is 8.43. The lowest BCUT2D eigenvalue weighted by Gasteiger charge is -2.11. The van der Waals surface area contributed by atoms with Gasteiger partial charge in [-0.05, 0) is 60.7 Å². The highest BCUT2D eigenvalue weighted by atomic mass is 15.0. The standard InChI is InChI=1S/C33H21N3/c1-2-10-22(11-3-1)35-29-16-6-4-12-23(29)26-21-33-27(20-32(26)35)24-13-5-7-17-30(24)36(33)31-18-8-15-28-25(31)14-9-19-34-28/h1-21H. The summed E-state index contributed by atoms with van der Waals surface area (Å²) >= 11 is 0. The van der Waals surface area contributed by atoms with E-state index in [1.54, 1.807) is 0 Å². The first-order chi connectivity index (χ1) is 17.9. The molecule has 3 aromatic heterocycles. The molecule has 0 atom stereocenters. The van der Waals surface area contributed by atoms with Gasteiger partial charge in [0.05, 0.1) is 33.3 Å². The van der Waals surface area contributed by atoms with Gasteiger partial charge in [-0.15, -0.1) is 0 Å². The van der Waals surface area contributed by atoms with Crippen molar-refractivity contribution >= 4 is 54.5 Å². The van der Waals surface area contributed by atoms with Crippen LogP contribution in [0.25, 0.3) is 65.9 Å². The summed E-state index contributed by atoms with van der Waals surface area (Å²) in [4.78, 5) is 4.62. The van der Waals surface area contributed by atoms with Crippen LogP contribution in [0.1, 0.15) is 0 Å². The Bertz CT molecular complexity index is 2090. The van der Waals surface area contributed by atoms with Crippen LogP contribution in [0.5, 0.6) is 0 Å². The zero-order valence-corrected chi connectivity index (χ0v) is 19.5. The van der Waals surface area contributed by atoms with E-state index in [0.29, 0.717) is 0 Å². The number of hydrogen-bond acceptors (Lipinski definition) is 1. The third-order valence-corrected chi connectivity index (χ3v) is 7.34. The minimum Gasteiger partial charge on any atom is -0.309 e. The molecule has 0 aliphatic heterocycles. The largest absolute Gasteiger partial charge is 0.309 e. The molecule has 0 saturated carbocycles. The van der Waals surface area contributed by atoms with Crippen molar-refractivity contribution < 1.29 is 0 Å². The second-order valence-corrected chi connectivity index (χ2v) is 9.27. The van der Waals surface area contributed by atoms with Crippen molar-refractivity contribution in [3.8, 4) is 11.4 Å². The van der Waals surface area contributed by atoms with Crippen LogP contribution in [-0.4, -0.2) is 14.1 Å². The molecule has 0 spiro atoms. The molecule has 0 radical (unpaired) electrons. The lowest BCUT2D eigenvalue weighted by Crippen LogP contribution is -1.96. The van der Waals surface area contributed by atoms with Gasteiger partial charge < -0.3 is 9.13 Å². The van der Waals surface area contributed by atoms with Crippen molar-refractivity contribution in [2.24, 2.45) is 0 Å². The Morgan fingerprint density at radius 2 is 1.03 bits per heavy atom. The fourth-order valence-corrected chi connectivity index (χ4v) is 5.83. The molecule has 3 heteroatoms. The summed E-state index contributed by atoms with van der Waals surface area (Å²) in [5.74, 6) is 0. The molecule has 0 saturated heterocycles. The smallest absolute Gasteiger partial charge is 0.0723 e. The van der Waals surface area contributed by atoms with E-state index >= 15 is 0 Å². The van der Waals surface area contributed by atoms with Crippen LogP contribution in [0.4, 0.5) is 0 Å². The van der Waals surface area contributed by atoms with Crippen molar-refractivity contribution in [1.29, 1.82) is 0 Å². The molecular weight excluding hydrogens is 438 g/mol. The average molecular weight is 460 g/mol. The molecular formula is C33H21N3. The SMILES string of the molecule is c1ccc(-n2c3ccccc3c3cc4c(cc32)c2ccccc2n4-c2cccc3ncccc23)cc1. The van der Waals surface area contributed by atoms with Crippen molar-refractivity contribution in [1.82, 2.24) is 14.1 Å². The van der Waals surface area contributed by atoms with Gasteiger partial charge in [-0.3, -0.25) is 4.98 Å². The molecule has 0 fully saturated rings. The van der Waals surface area contributed by atoms with Crippen molar-refractivity contribution in [3.63, 3.8) is 0 Å². The van der Waals surface area contributed by atoms with Gasteiger partial charge in [-0.1, -0.05) is 60.7 Å². The number of aromatic nitrogens is 3. The zero-order valence-electron chi connectivity index (χ0n) is 19.5. The van der Waals surface area contributed by atoms with Crippen LogP contribution in [0, 0.1) is 0 Å². The highest BCUT2D eigenvalue weighted by molar-refractivity contribution is 6.19. The predicted molar refractivity (Wildman–Crippen MR) is 150 cm³/mol. The molecule has 8 rings (SSSR count). The molecule has 8 aromatic rings. The Morgan fingerprint density at radius 3 is 1.78 bits per heavy atom. The number of fused-ring (bicyclic) bond motifs is 7. The normalized spacial score (nSPS) is 11.9. The fourth-order valence-electron chi connectivity index (χ4n) is 5.83. The van der Waals surface area contributed by atoms with E-state index in [-0.39, 0.29) is 0 Å². The van der Waals surface area contributed by atoms with Gasteiger partial charge in [0, 0.05) is 38.8 Å². The van der Waals surface area contributed by atoms with Crippen LogP contribution < -0.4 is 0 Å². The lowest BCUT2D eigenvalue weighted by atomic mass is 10.1. The van der Waals surface area contributed by atoms with E-state index in [9.17, 15) is 0 Å². The number of para-hydroxylation sites is 3. The molecule has 0 aliphatic rings. The molecule has 0 N–H and O–H groups in total. The van der Waals surface area contributed by atoms with E-state index in [4.69, 9.17) is 0 Å². The average Bonchev–Trinajstić information content (AvgIpc) is 3.44. The second kappa shape index (κ2) is 7.30. The number of nitrogens with zero attached hydrogens (tertiary/aromatic N) is 3. The topological polar surface area (TPSA) is 22.8 Å². The highest BCUT2D eigenvalue weighted by Gasteiger charge is 2.18. The van der Waals surface area contributed by atoms with E-state index in [2.05, 4.69) is 129 Å². The van der Waals surface area contributed by atoms with Crippen LogP contribution in [-0.2, 0) is 0 Å². The number of benzene rings is 5. The van der Waals surface area contributed by atoms with Gasteiger partial charge in [0.2, 0.25) is 0 Å². The Balaban J connectivity index is 1.58. The summed E-state index contributed by atoms with van der Waals surface area (Å²) < 4.78 is 4.79. The third kappa shape index (κ3) is 2.60. The molecule has 3 heterocycles. The molecule has 0 bridgehead atoms. The molecule has 0 aliphatic carbocycles. The van der Waals surface area contributed by atoms with Gasteiger partial charge in [0.1, 0.15) is 0 Å². The Kier molecular flexibility index (Phi) is 3.94. The Hall–Kier alpha value is -4.89. The summed E-state index contributed by atoms with van der Waals surface area (Å²) in [7, 11) is 0. The number of pyridine rings is 1. The maximum Gasteiger partial charge on any atom is 0.0723 e. The second-order valence-electron chi connectivity index (χ2n) is 9.27. The number of rotatable bonds is 2. The molecule has 168 valence electrons. The fraction of sp³-hybridized carbons (Fsp3) is 0. The zero-order chi connectivity index (χ0) is 23.6. The first kappa shape index (κ1) is 19.4. The molecule has 5 aromatic carbocycles. The first-order valence-electron chi connectivity index (χ1n) is 12.2.